The molecule has 0 spiro atoms. The van der Waals surface area contributed by atoms with E-state index in [0.717, 1.165) is 6.42 Å². The summed E-state index contributed by atoms with van der Waals surface area (Å²) in [5, 5.41) is 17.9. The first-order chi connectivity index (χ1) is 8.69. The molecular formula is C12H17NO5. The van der Waals surface area contributed by atoms with Crippen LogP contribution in [0.15, 0.2) is 12.3 Å². The highest BCUT2D eigenvalue weighted by Gasteiger charge is 2.26. The number of ether oxygens (including phenoxy) is 1. The number of carbonyl (C=O) groups is 1. The predicted molar refractivity (Wildman–Crippen MR) is 63.1 cm³/mol. The van der Waals surface area contributed by atoms with E-state index in [2.05, 4.69) is 9.87 Å². The molecule has 0 saturated carbocycles. The number of nitrogens with zero attached hydrogens (tertiary/aromatic N) is 1. The van der Waals surface area contributed by atoms with Crippen LogP contribution in [-0.4, -0.2) is 28.4 Å². The normalized spacial score (nSPS) is 12.0. The molecule has 0 radical (unpaired) electrons. The Balaban J connectivity index is 3.22. The van der Waals surface area contributed by atoms with Gasteiger partial charge < -0.3 is 14.7 Å². The van der Waals surface area contributed by atoms with E-state index in [9.17, 15) is 9.90 Å². The van der Waals surface area contributed by atoms with Crippen molar-refractivity contribution in [2.45, 2.75) is 32.3 Å². The third kappa shape index (κ3) is 2.96. The monoisotopic (exact) mass is 255 g/mol. The fourth-order valence-corrected chi connectivity index (χ4v) is 1.90. The Kier molecular flexibility index (Phi) is 5.54. The molecule has 0 aromatic carbocycles. The fraction of sp³-hybridized carbons (Fsp3) is 0.500. The summed E-state index contributed by atoms with van der Waals surface area (Å²) in [6.07, 6.45) is 2.72. The van der Waals surface area contributed by atoms with Gasteiger partial charge in [0.2, 0.25) is 5.88 Å². The van der Waals surface area contributed by atoms with Gasteiger partial charge in [-0.1, -0.05) is 13.3 Å². The van der Waals surface area contributed by atoms with E-state index in [4.69, 9.17) is 9.99 Å². The molecular weight excluding hydrogens is 238 g/mol. The van der Waals surface area contributed by atoms with Gasteiger partial charge in [-0.15, -0.1) is 0 Å². The Morgan fingerprint density at radius 3 is 2.78 bits per heavy atom. The zero-order valence-corrected chi connectivity index (χ0v) is 10.4. The van der Waals surface area contributed by atoms with Gasteiger partial charge in [-0.2, -0.15) is 5.26 Å². The number of carbonyl (C=O) groups excluding carboxylic acids is 1. The highest BCUT2D eigenvalue weighted by Crippen LogP contribution is 2.30. The third-order valence-corrected chi connectivity index (χ3v) is 2.73. The van der Waals surface area contributed by atoms with Crippen LogP contribution >= 0.6 is 0 Å². The molecule has 6 nitrogen and oxygen atoms in total. The van der Waals surface area contributed by atoms with Gasteiger partial charge in [-0.3, -0.25) is 0 Å². The second-order valence-corrected chi connectivity index (χ2v) is 3.80. The molecule has 1 heterocycles. The molecule has 1 rings (SSSR count). The highest BCUT2D eigenvalue weighted by atomic mass is 17.1. The maximum atomic E-state index is 11.6. The van der Waals surface area contributed by atoms with Gasteiger partial charge in [0.15, 0.2) is 0 Å². The summed E-state index contributed by atoms with van der Waals surface area (Å²) in [5.74, 6) is -1.12. The SMILES string of the molecule is CCCC(C(=O)OO)c1ccnc(OC)c1CO. The van der Waals surface area contributed by atoms with Crippen molar-refractivity contribution in [3.05, 3.63) is 23.4 Å². The molecule has 1 aromatic rings. The number of hydrogen-bond acceptors (Lipinski definition) is 6. The molecule has 6 heteroatoms. The Labute approximate surface area is 105 Å². The Bertz CT molecular complexity index is 407. The molecule has 0 aliphatic heterocycles. The molecule has 0 aliphatic carbocycles. The van der Waals surface area contributed by atoms with Gasteiger partial charge in [0.1, 0.15) is 0 Å². The number of pyridine rings is 1. The van der Waals surface area contributed by atoms with E-state index in [0.29, 0.717) is 17.5 Å². The topological polar surface area (TPSA) is 88.9 Å². The van der Waals surface area contributed by atoms with Gasteiger partial charge >= 0.3 is 5.97 Å². The smallest absolute Gasteiger partial charge is 0.349 e. The van der Waals surface area contributed by atoms with Crippen LogP contribution < -0.4 is 4.74 Å². The van der Waals surface area contributed by atoms with Crippen molar-refractivity contribution in [2.75, 3.05) is 7.11 Å². The third-order valence-electron chi connectivity index (χ3n) is 2.73. The van der Waals surface area contributed by atoms with Crippen molar-refractivity contribution in [1.29, 1.82) is 0 Å². The predicted octanol–water partition coefficient (Wildman–Crippen LogP) is 1.48. The van der Waals surface area contributed by atoms with E-state index in [1.54, 1.807) is 6.07 Å². The number of aliphatic hydroxyl groups is 1. The molecule has 0 saturated heterocycles. The first kappa shape index (κ1) is 14.4. The lowest BCUT2D eigenvalue weighted by Crippen LogP contribution is -2.17. The summed E-state index contributed by atoms with van der Waals surface area (Å²) in [6, 6.07) is 1.62. The van der Waals surface area contributed by atoms with Crippen molar-refractivity contribution >= 4 is 5.97 Å². The number of aliphatic hydroxyl groups excluding tert-OH is 1. The van der Waals surface area contributed by atoms with Gasteiger partial charge in [0, 0.05) is 11.8 Å². The lowest BCUT2D eigenvalue weighted by atomic mass is 9.92. The first-order valence-electron chi connectivity index (χ1n) is 5.67. The van der Waals surface area contributed by atoms with Crippen molar-refractivity contribution < 1.29 is 24.8 Å². The Hall–Kier alpha value is -1.66. The molecule has 0 aliphatic rings. The number of aromatic nitrogens is 1. The van der Waals surface area contributed by atoms with Crippen LogP contribution in [0.2, 0.25) is 0 Å². The van der Waals surface area contributed by atoms with Gasteiger partial charge in [-0.25, -0.2) is 9.78 Å². The average molecular weight is 255 g/mol. The van der Waals surface area contributed by atoms with E-state index in [1.165, 1.54) is 13.3 Å². The minimum absolute atomic E-state index is 0.266. The lowest BCUT2D eigenvalue weighted by Gasteiger charge is -2.17. The summed E-state index contributed by atoms with van der Waals surface area (Å²) in [4.78, 5) is 19.3. The van der Waals surface area contributed by atoms with Gasteiger partial charge in [0.05, 0.1) is 19.6 Å². The zero-order chi connectivity index (χ0) is 13.5. The standard InChI is InChI=1S/C12H17NO5/c1-3-4-9(12(15)18-16)8-5-6-13-11(17-2)10(8)7-14/h5-6,9,14,16H,3-4,7H2,1-2H3. The second kappa shape index (κ2) is 6.93. The molecule has 100 valence electrons. The summed E-state index contributed by atoms with van der Waals surface area (Å²) in [6.45, 7) is 1.61. The highest BCUT2D eigenvalue weighted by molar-refractivity contribution is 5.78. The summed E-state index contributed by atoms with van der Waals surface area (Å²) < 4.78 is 5.03. The molecule has 0 fully saturated rings. The van der Waals surface area contributed by atoms with Crippen molar-refractivity contribution in [3.63, 3.8) is 0 Å². The molecule has 1 unspecified atom stereocenters. The van der Waals surface area contributed by atoms with Gasteiger partial charge in [-0.05, 0) is 18.1 Å². The van der Waals surface area contributed by atoms with E-state index >= 15 is 0 Å². The van der Waals surface area contributed by atoms with Crippen molar-refractivity contribution in [2.24, 2.45) is 0 Å². The van der Waals surface area contributed by atoms with Crippen LogP contribution in [0.25, 0.3) is 0 Å². The zero-order valence-electron chi connectivity index (χ0n) is 10.4. The number of hydrogen-bond donors (Lipinski definition) is 2. The maximum absolute atomic E-state index is 11.6. The fourth-order valence-electron chi connectivity index (χ4n) is 1.90. The van der Waals surface area contributed by atoms with Crippen LogP contribution in [0.5, 0.6) is 5.88 Å². The Morgan fingerprint density at radius 2 is 2.28 bits per heavy atom. The van der Waals surface area contributed by atoms with E-state index in [-0.39, 0.29) is 12.5 Å². The maximum Gasteiger partial charge on any atom is 0.349 e. The van der Waals surface area contributed by atoms with Crippen molar-refractivity contribution in [3.8, 4) is 5.88 Å². The van der Waals surface area contributed by atoms with Crippen LogP contribution in [0, 0.1) is 0 Å². The molecule has 18 heavy (non-hydrogen) atoms. The molecule has 1 aromatic heterocycles. The van der Waals surface area contributed by atoms with Crippen LogP contribution in [0.1, 0.15) is 36.8 Å². The molecule has 0 bridgehead atoms. The molecule has 0 amide bonds. The summed E-state index contributed by atoms with van der Waals surface area (Å²) in [5.41, 5.74) is 0.995. The second-order valence-electron chi connectivity index (χ2n) is 3.80. The van der Waals surface area contributed by atoms with Crippen LogP contribution in [0.4, 0.5) is 0 Å². The number of rotatable bonds is 6. The largest absolute Gasteiger partial charge is 0.481 e. The lowest BCUT2D eigenvalue weighted by molar-refractivity contribution is -0.236. The number of methoxy groups -OCH3 is 1. The minimum Gasteiger partial charge on any atom is -0.481 e. The summed E-state index contributed by atoms with van der Waals surface area (Å²) >= 11 is 0. The van der Waals surface area contributed by atoms with Gasteiger partial charge in [0.25, 0.3) is 0 Å². The first-order valence-corrected chi connectivity index (χ1v) is 5.67. The minimum atomic E-state index is -0.750. The molecule has 2 N–H and O–H groups in total. The van der Waals surface area contributed by atoms with E-state index < -0.39 is 11.9 Å². The Morgan fingerprint density at radius 1 is 1.56 bits per heavy atom. The van der Waals surface area contributed by atoms with Crippen LogP contribution in [-0.2, 0) is 16.3 Å². The quantitative estimate of drug-likeness (QED) is 0.591. The summed E-state index contributed by atoms with van der Waals surface area (Å²) in [7, 11) is 1.43. The average Bonchev–Trinajstić information content (AvgIpc) is 2.42. The molecule has 1 atom stereocenters. The van der Waals surface area contributed by atoms with Crippen LogP contribution in [0.3, 0.4) is 0 Å². The van der Waals surface area contributed by atoms with E-state index in [1.807, 2.05) is 6.92 Å². The van der Waals surface area contributed by atoms with Crippen molar-refractivity contribution in [1.82, 2.24) is 4.98 Å².